The topological polar surface area (TPSA) is 88.9 Å². The fourth-order valence-corrected chi connectivity index (χ4v) is 6.13. The van der Waals surface area contributed by atoms with Gasteiger partial charge in [0.2, 0.25) is 5.91 Å². The first kappa shape index (κ1) is 23.0. The van der Waals surface area contributed by atoms with Gasteiger partial charge in [-0.1, -0.05) is 43.2 Å². The van der Waals surface area contributed by atoms with Crippen molar-refractivity contribution in [3.8, 4) is 0 Å². The summed E-state index contributed by atoms with van der Waals surface area (Å²) in [6.45, 7) is 0.495. The zero-order valence-corrected chi connectivity index (χ0v) is 20.2. The average Bonchev–Trinajstić information content (AvgIpc) is 3.56. The Balaban J connectivity index is 1.32. The summed E-state index contributed by atoms with van der Waals surface area (Å²) < 4.78 is 2.23. The number of hydrogen-bond donors (Lipinski definition) is 2. The van der Waals surface area contributed by atoms with Crippen molar-refractivity contribution in [3.63, 3.8) is 0 Å². The Labute approximate surface area is 200 Å². The van der Waals surface area contributed by atoms with E-state index in [9.17, 15) is 9.59 Å². The Hall–Kier alpha value is -2.17. The van der Waals surface area contributed by atoms with E-state index in [1.54, 1.807) is 22.7 Å². The summed E-state index contributed by atoms with van der Waals surface area (Å²) >= 11 is 4.72. The van der Waals surface area contributed by atoms with Crippen molar-refractivity contribution >= 4 is 46.4 Å². The maximum atomic E-state index is 12.3. The van der Waals surface area contributed by atoms with Crippen molar-refractivity contribution in [2.75, 3.05) is 12.3 Å². The third kappa shape index (κ3) is 6.43. The minimum absolute atomic E-state index is 0.127. The molecule has 3 aromatic heterocycles. The molecular formula is C22H27N5O2S3. The van der Waals surface area contributed by atoms with Crippen LogP contribution in [-0.4, -0.2) is 39.0 Å². The number of carbonyl (C=O) groups is 2. The van der Waals surface area contributed by atoms with Crippen LogP contribution in [-0.2, 0) is 17.6 Å². The molecule has 0 bridgehead atoms. The molecule has 1 aliphatic carbocycles. The highest BCUT2D eigenvalue weighted by Gasteiger charge is 2.24. The molecule has 1 aliphatic rings. The lowest BCUT2D eigenvalue weighted by Crippen LogP contribution is -2.41. The molecule has 7 nitrogen and oxygen atoms in total. The summed E-state index contributed by atoms with van der Waals surface area (Å²) in [5.41, 5.74) is 0. The van der Waals surface area contributed by atoms with Gasteiger partial charge in [0.1, 0.15) is 5.82 Å². The van der Waals surface area contributed by atoms with Crippen LogP contribution >= 0.6 is 34.4 Å². The SMILES string of the molecule is O=C(CSc1nnc(Cc2cccs2)n1C1CCCCC1)NC(=O)NCCc1cccs1. The zero-order chi connectivity index (χ0) is 22.2. The van der Waals surface area contributed by atoms with Crippen LogP contribution in [0.25, 0.3) is 0 Å². The van der Waals surface area contributed by atoms with E-state index in [-0.39, 0.29) is 11.7 Å². The second kappa shape index (κ2) is 11.6. The molecule has 170 valence electrons. The smallest absolute Gasteiger partial charge is 0.321 e. The lowest BCUT2D eigenvalue weighted by atomic mass is 9.95. The van der Waals surface area contributed by atoms with Gasteiger partial charge in [-0.25, -0.2) is 4.79 Å². The summed E-state index contributed by atoms with van der Waals surface area (Å²) in [7, 11) is 0. The van der Waals surface area contributed by atoms with E-state index < -0.39 is 6.03 Å². The molecule has 3 heterocycles. The van der Waals surface area contributed by atoms with Crippen LogP contribution < -0.4 is 10.6 Å². The Bertz CT molecular complexity index is 995. The number of nitrogens with one attached hydrogen (secondary N) is 2. The molecule has 1 saturated carbocycles. The molecule has 0 saturated heterocycles. The van der Waals surface area contributed by atoms with Crippen LogP contribution in [0, 0.1) is 0 Å². The van der Waals surface area contributed by atoms with E-state index in [0.717, 1.165) is 36.7 Å². The third-order valence-electron chi connectivity index (χ3n) is 5.41. The fraction of sp³-hybridized carbons (Fsp3) is 0.455. The first-order valence-electron chi connectivity index (χ1n) is 10.9. The molecule has 32 heavy (non-hydrogen) atoms. The highest BCUT2D eigenvalue weighted by Crippen LogP contribution is 2.33. The van der Waals surface area contributed by atoms with E-state index in [2.05, 4.69) is 36.8 Å². The van der Waals surface area contributed by atoms with Crippen molar-refractivity contribution < 1.29 is 9.59 Å². The maximum absolute atomic E-state index is 12.3. The minimum Gasteiger partial charge on any atom is -0.337 e. The molecule has 0 spiro atoms. The molecule has 10 heteroatoms. The monoisotopic (exact) mass is 489 g/mol. The van der Waals surface area contributed by atoms with Gasteiger partial charge in [0.15, 0.2) is 5.16 Å². The van der Waals surface area contributed by atoms with Gasteiger partial charge in [-0.2, -0.15) is 0 Å². The van der Waals surface area contributed by atoms with Gasteiger partial charge in [0.05, 0.1) is 5.75 Å². The summed E-state index contributed by atoms with van der Waals surface area (Å²) in [5, 5.41) is 18.8. The molecule has 0 aliphatic heterocycles. The van der Waals surface area contributed by atoms with Crippen LogP contribution in [0.3, 0.4) is 0 Å². The molecule has 4 rings (SSSR count). The first-order valence-corrected chi connectivity index (χ1v) is 13.6. The maximum Gasteiger partial charge on any atom is 0.321 e. The number of carbonyl (C=O) groups excluding carboxylic acids is 2. The summed E-state index contributed by atoms with van der Waals surface area (Å²) in [6, 6.07) is 8.09. The number of rotatable bonds is 9. The van der Waals surface area contributed by atoms with E-state index in [1.807, 2.05) is 23.6 Å². The highest BCUT2D eigenvalue weighted by atomic mass is 32.2. The standard InChI is InChI=1S/C22H27N5O2S3/c28-20(24-21(29)23-11-10-17-8-4-12-30-17)15-32-22-26-25-19(14-18-9-5-13-31-18)27(22)16-6-2-1-3-7-16/h4-5,8-9,12-13,16H,1-3,6-7,10-11,14-15H2,(H2,23,24,28,29). The van der Waals surface area contributed by atoms with Crippen molar-refractivity contribution in [2.45, 2.75) is 56.1 Å². The summed E-state index contributed by atoms with van der Waals surface area (Å²) in [6.07, 6.45) is 7.41. The van der Waals surface area contributed by atoms with Crippen molar-refractivity contribution in [3.05, 3.63) is 50.6 Å². The molecule has 0 atom stereocenters. The molecule has 3 amide bonds. The number of thiophene rings is 2. The van der Waals surface area contributed by atoms with Gasteiger partial charge < -0.3 is 9.88 Å². The number of urea groups is 1. The molecule has 0 aromatic carbocycles. The Morgan fingerprint density at radius 1 is 1.06 bits per heavy atom. The van der Waals surface area contributed by atoms with Crippen molar-refractivity contribution in [1.82, 2.24) is 25.4 Å². The van der Waals surface area contributed by atoms with Crippen LogP contribution in [0.4, 0.5) is 4.79 Å². The number of nitrogens with zero attached hydrogens (tertiary/aromatic N) is 3. The largest absolute Gasteiger partial charge is 0.337 e. The lowest BCUT2D eigenvalue weighted by Gasteiger charge is -2.25. The van der Waals surface area contributed by atoms with Crippen LogP contribution in [0.15, 0.2) is 40.2 Å². The Morgan fingerprint density at radius 2 is 1.81 bits per heavy atom. The lowest BCUT2D eigenvalue weighted by molar-refractivity contribution is -0.117. The molecule has 0 radical (unpaired) electrons. The zero-order valence-electron chi connectivity index (χ0n) is 17.8. The molecule has 2 N–H and O–H groups in total. The van der Waals surface area contributed by atoms with E-state index >= 15 is 0 Å². The molecular weight excluding hydrogens is 462 g/mol. The van der Waals surface area contributed by atoms with Gasteiger partial charge in [0, 0.05) is 28.8 Å². The quantitative estimate of drug-likeness (QED) is 0.427. The normalized spacial score (nSPS) is 14.4. The Morgan fingerprint density at radius 3 is 2.53 bits per heavy atom. The number of thioether (sulfide) groups is 1. The van der Waals surface area contributed by atoms with Gasteiger partial charge in [0.25, 0.3) is 0 Å². The van der Waals surface area contributed by atoms with Crippen molar-refractivity contribution in [1.29, 1.82) is 0 Å². The van der Waals surface area contributed by atoms with Crippen LogP contribution in [0.1, 0.15) is 53.7 Å². The van der Waals surface area contributed by atoms with Gasteiger partial charge in [-0.15, -0.1) is 32.9 Å². The Kier molecular flexibility index (Phi) is 8.36. The van der Waals surface area contributed by atoms with Crippen molar-refractivity contribution in [2.24, 2.45) is 0 Å². The summed E-state index contributed by atoms with van der Waals surface area (Å²) in [5.74, 6) is 0.748. The van der Waals surface area contributed by atoms with Gasteiger partial charge in [-0.05, 0) is 42.2 Å². The first-order chi connectivity index (χ1) is 15.7. The van der Waals surface area contributed by atoms with Gasteiger partial charge >= 0.3 is 6.03 Å². The van der Waals surface area contributed by atoms with E-state index in [1.165, 1.54) is 40.8 Å². The second-order valence-corrected chi connectivity index (χ2v) is 10.7. The summed E-state index contributed by atoms with van der Waals surface area (Å²) in [4.78, 5) is 26.8. The number of hydrogen-bond acceptors (Lipinski definition) is 7. The van der Waals surface area contributed by atoms with Crippen LogP contribution in [0.2, 0.25) is 0 Å². The molecule has 3 aromatic rings. The van der Waals surface area contributed by atoms with Gasteiger partial charge in [-0.3, -0.25) is 10.1 Å². The minimum atomic E-state index is -0.459. The molecule has 0 unspecified atom stereocenters. The third-order valence-corrected chi connectivity index (χ3v) is 8.17. The fourth-order valence-electron chi connectivity index (χ4n) is 3.89. The predicted octanol–water partition coefficient (Wildman–Crippen LogP) is 4.66. The van der Waals surface area contributed by atoms with Crippen LogP contribution in [0.5, 0.6) is 0 Å². The number of imide groups is 1. The molecule has 1 fully saturated rings. The van der Waals surface area contributed by atoms with E-state index in [0.29, 0.717) is 12.6 Å². The highest BCUT2D eigenvalue weighted by molar-refractivity contribution is 7.99. The number of amides is 3. The second-order valence-electron chi connectivity index (χ2n) is 7.74. The predicted molar refractivity (Wildman–Crippen MR) is 130 cm³/mol. The average molecular weight is 490 g/mol. The number of aromatic nitrogens is 3. The van der Waals surface area contributed by atoms with E-state index in [4.69, 9.17) is 0 Å².